The number of likely N-dealkylation sites (tertiary alicyclic amines) is 1. The zero-order valence-corrected chi connectivity index (χ0v) is 15.6. The summed E-state index contributed by atoms with van der Waals surface area (Å²) in [5.74, 6) is 2.17. The molecule has 25 heavy (non-hydrogen) atoms. The van der Waals surface area contributed by atoms with E-state index < -0.39 is 0 Å². The SMILES string of the molecule is COCCN1C[C@@H](COC)C2(CCN(c3cc(OC)ncn3)CC2)C1. The minimum Gasteiger partial charge on any atom is -0.481 e. The summed E-state index contributed by atoms with van der Waals surface area (Å²) in [5, 5.41) is 0. The monoisotopic (exact) mass is 350 g/mol. The van der Waals surface area contributed by atoms with Crippen LogP contribution in [0.5, 0.6) is 5.88 Å². The third kappa shape index (κ3) is 4.04. The molecule has 2 fully saturated rings. The molecule has 2 aliphatic rings. The van der Waals surface area contributed by atoms with Gasteiger partial charge in [0.1, 0.15) is 12.1 Å². The summed E-state index contributed by atoms with van der Waals surface area (Å²) in [4.78, 5) is 13.4. The Labute approximate surface area is 150 Å². The Morgan fingerprint density at radius 1 is 1.16 bits per heavy atom. The molecule has 1 spiro atoms. The fraction of sp³-hybridized carbons (Fsp3) is 0.778. The Kier molecular flexibility index (Phi) is 6.09. The highest BCUT2D eigenvalue weighted by Gasteiger charge is 2.47. The van der Waals surface area contributed by atoms with Crippen molar-refractivity contribution in [3.05, 3.63) is 12.4 Å². The van der Waals surface area contributed by atoms with Crippen molar-refractivity contribution >= 4 is 5.82 Å². The predicted molar refractivity (Wildman–Crippen MR) is 96.1 cm³/mol. The number of ether oxygens (including phenoxy) is 3. The number of anilines is 1. The Morgan fingerprint density at radius 2 is 1.96 bits per heavy atom. The largest absolute Gasteiger partial charge is 0.481 e. The molecule has 0 N–H and O–H groups in total. The quantitative estimate of drug-likeness (QED) is 0.734. The molecule has 0 saturated carbocycles. The second kappa shape index (κ2) is 8.29. The van der Waals surface area contributed by atoms with Crippen molar-refractivity contribution in [2.75, 3.05) is 72.2 Å². The van der Waals surface area contributed by atoms with Crippen LogP contribution in [0.1, 0.15) is 12.8 Å². The van der Waals surface area contributed by atoms with Crippen LogP contribution >= 0.6 is 0 Å². The van der Waals surface area contributed by atoms with E-state index in [0.717, 1.165) is 64.6 Å². The summed E-state index contributed by atoms with van der Waals surface area (Å²) in [6.45, 7) is 6.92. The van der Waals surface area contributed by atoms with Crippen LogP contribution in [0.15, 0.2) is 12.4 Å². The van der Waals surface area contributed by atoms with Gasteiger partial charge in [-0.05, 0) is 18.3 Å². The molecule has 7 nitrogen and oxygen atoms in total. The van der Waals surface area contributed by atoms with Crippen molar-refractivity contribution in [1.29, 1.82) is 0 Å². The molecule has 3 rings (SSSR count). The molecule has 2 aliphatic heterocycles. The summed E-state index contributed by atoms with van der Waals surface area (Å²) in [5.41, 5.74) is 0.345. The Hall–Kier alpha value is -1.44. The summed E-state index contributed by atoms with van der Waals surface area (Å²) < 4.78 is 16.0. The van der Waals surface area contributed by atoms with Gasteiger partial charge in [0.2, 0.25) is 5.88 Å². The van der Waals surface area contributed by atoms with Crippen molar-refractivity contribution in [2.24, 2.45) is 11.3 Å². The molecule has 0 radical (unpaired) electrons. The number of hydrogen-bond acceptors (Lipinski definition) is 7. The van der Waals surface area contributed by atoms with E-state index >= 15 is 0 Å². The first-order valence-corrected chi connectivity index (χ1v) is 9.02. The smallest absolute Gasteiger partial charge is 0.218 e. The first-order chi connectivity index (χ1) is 12.2. The van der Waals surface area contributed by atoms with E-state index in [0.29, 0.717) is 17.2 Å². The lowest BCUT2D eigenvalue weighted by Gasteiger charge is -2.43. The predicted octanol–water partition coefficient (Wildman–Crippen LogP) is 1.30. The first-order valence-electron chi connectivity index (χ1n) is 9.02. The first kappa shape index (κ1) is 18.4. The molecule has 0 amide bonds. The molecule has 0 bridgehead atoms. The molecule has 1 aromatic heterocycles. The Morgan fingerprint density at radius 3 is 2.64 bits per heavy atom. The molecule has 1 aromatic rings. The maximum absolute atomic E-state index is 5.54. The van der Waals surface area contributed by atoms with Crippen molar-refractivity contribution < 1.29 is 14.2 Å². The van der Waals surface area contributed by atoms with E-state index in [9.17, 15) is 0 Å². The second-order valence-electron chi connectivity index (χ2n) is 7.15. The number of hydrogen-bond donors (Lipinski definition) is 0. The summed E-state index contributed by atoms with van der Waals surface area (Å²) in [7, 11) is 5.22. The van der Waals surface area contributed by atoms with Gasteiger partial charge in [-0.2, -0.15) is 0 Å². The van der Waals surface area contributed by atoms with Crippen molar-refractivity contribution in [2.45, 2.75) is 12.8 Å². The number of methoxy groups -OCH3 is 3. The van der Waals surface area contributed by atoms with E-state index in [1.54, 1.807) is 20.5 Å². The molecular formula is C18H30N4O3. The van der Waals surface area contributed by atoms with Gasteiger partial charge in [0.25, 0.3) is 0 Å². The van der Waals surface area contributed by atoms with Crippen LogP contribution in [0.4, 0.5) is 5.82 Å². The maximum Gasteiger partial charge on any atom is 0.218 e. The molecule has 140 valence electrons. The third-order valence-electron chi connectivity index (χ3n) is 5.78. The van der Waals surface area contributed by atoms with Gasteiger partial charge in [-0.3, -0.25) is 0 Å². The van der Waals surface area contributed by atoms with Crippen LogP contribution in [0.2, 0.25) is 0 Å². The minimum absolute atomic E-state index is 0.345. The highest BCUT2D eigenvalue weighted by molar-refractivity contribution is 5.41. The minimum atomic E-state index is 0.345. The van der Waals surface area contributed by atoms with Gasteiger partial charge in [0.15, 0.2) is 0 Å². The normalized spacial score (nSPS) is 23.3. The fourth-order valence-electron chi connectivity index (χ4n) is 4.33. The third-order valence-corrected chi connectivity index (χ3v) is 5.78. The van der Waals surface area contributed by atoms with E-state index in [-0.39, 0.29) is 0 Å². The molecule has 0 unspecified atom stereocenters. The van der Waals surface area contributed by atoms with Gasteiger partial charge in [-0.25, -0.2) is 9.97 Å². The molecule has 3 heterocycles. The lowest BCUT2D eigenvalue weighted by molar-refractivity contribution is 0.0761. The van der Waals surface area contributed by atoms with E-state index in [1.165, 1.54) is 0 Å². The Balaban J connectivity index is 1.65. The second-order valence-corrected chi connectivity index (χ2v) is 7.15. The van der Waals surface area contributed by atoms with Crippen molar-refractivity contribution in [1.82, 2.24) is 14.9 Å². The Bertz CT molecular complexity index is 549. The number of aromatic nitrogens is 2. The van der Waals surface area contributed by atoms with Crippen LogP contribution in [0.25, 0.3) is 0 Å². The van der Waals surface area contributed by atoms with E-state index in [2.05, 4.69) is 19.8 Å². The molecule has 2 saturated heterocycles. The maximum atomic E-state index is 5.54. The lowest BCUT2D eigenvalue weighted by atomic mass is 9.71. The number of rotatable bonds is 7. The fourth-order valence-corrected chi connectivity index (χ4v) is 4.33. The van der Waals surface area contributed by atoms with Gasteiger partial charge in [0.05, 0.1) is 20.3 Å². The van der Waals surface area contributed by atoms with Gasteiger partial charge in [0, 0.05) is 58.9 Å². The topological polar surface area (TPSA) is 60.0 Å². The van der Waals surface area contributed by atoms with Crippen LogP contribution in [-0.4, -0.2) is 82.1 Å². The van der Waals surface area contributed by atoms with Gasteiger partial charge in [-0.1, -0.05) is 0 Å². The lowest BCUT2D eigenvalue weighted by Crippen LogP contribution is -2.45. The highest BCUT2D eigenvalue weighted by atomic mass is 16.5. The van der Waals surface area contributed by atoms with Crippen molar-refractivity contribution in [3.8, 4) is 5.88 Å². The zero-order valence-electron chi connectivity index (χ0n) is 15.6. The van der Waals surface area contributed by atoms with Crippen LogP contribution in [0.3, 0.4) is 0 Å². The summed E-state index contributed by atoms with van der Waals surface area (Å²) in [6, 6.07) is 1.92. The van der Waals surface area contributed by atoms with Gasteiger partial charge >= 0.3 is 0 Å². The van der Waals surface area contributed by atoms with Crippen LogP contribution in [-0.2, 0) is 9.47 Å². The molecule has 0 aliphatic carbocycles. The van der Waals surface area contributed by atoms with Crippen LogP contribution in [0, 0.1) is 11.3 Å². The van der Waals surface area contributed by atoms with E-state index in [1.807, 2.05) is 13.2 Å². The molecule has 0 aromatic carbocycles. The standard InChI is InChI=1S/C18H30N4O3/c1-23-9-8-21-11-15(12-24-2)18(13-21)4-6-22(7-5-18)16-10-17(25-3)20-14-19-16/h10,14-15H,4-9,11-13H2,1-3H3/t15-/m0/s1. The van der Waals surface area contributed by atoms with E-state index in [4.69, 9.17) is 14.2 Å². The molecular weight excluding hydrogens is 320 g/mol. The van der Waals surface area contributed by atoms with Gasteiger partial charge < -0.3 is 24.0 Å². The van der Waals surface area contributed by atoms with Gasteiger partial charge in [-0.15, -0.1) is 0 Å². The molecule has 1 atom stereocenters. The summed E-state index contributed by atoms with van der Waals surface area (Å²) >= 11 is 0. The summed E-state index contributed by atoms with van der Waals surface area (Å²) in [6.07, 6.45) is 3.90. The van der Waals surface area contributed by atoms with Crippen LogP contribution < -0.4 is 9.64 Å². The number of nitrogens with zero attached hydrogens (tertiary/aromatic N) is 4. The highest BCUT2D eigenvalue weighted by Crippen LogP contribution is 2.45. The average Bonchev–Trinajstić information content (AvgIpc) is 2.98. The average molecular weight is 350 g/mol. The molecule has 7 heteroatoms. The number of piperidine rings is 1. The zero-order chi connectivity index (χ0) is 17.7. The van der Waals surface area contributed by atoms with Crippen molar-refractivity contribution in [3.63, 3.8) is 0 Å².